The van der Waals surface area contributed by atoms with Crippen LogP contribution in [0.15, 0.2) is 48.5 Å². The van der Waals surface area contributed by atoms with Gasteiger partial charge in [-0.25, -0.2) is 0 Å². The van der Waals surface area contributed by atoms with Crippen molar-refractivity contribution in [1.29, 1.82) is 0 Å². The van der Waals surface area contributed by atoms with Crippen molar-refractivity contribution in [3.05, 3.63) is 70.2 Å². The predicted molar refractivity (Wildman–Crippen MR) is 90.4 cm³/mol. The van der Waals surface area contributed by atoms with E-state index in [1.807, 2.05) is 0 Å². The lowest BCUT2D eigenvalue weighted by Crippen LogP contribution is -2.28. The summed E-state index contributed by atoms with van der Waals surface area (Å²) in [6.45, 7) is 6.48. The number of nitrogens with one attached hydrogen (secondary N) is 1. The molecule has 0 unspecified atom stereocenters. The summed E-state index contributed by atoms with van der Waals surface area (Å²) < 4.78 is 0. The Morgan fingerprint density at radius 2 is 1.64 bits per heavy atom. The van der Waals surface area contributed by atoms with Crippen LogP contribution in [-0.2, 0) is 0 Å². The van der Waals surface area contributed by atoms with E-state index in [1.165, 1.54) is 11.1 Å². The van der Waals surface area contributed by atoms with Gasteiger partial charge in [-0.3, -0.25) is 4.79 Å². The highest BCUT2D eigenvalue weighted by Crippen LogP contribution is 2.58. The summed E-state index contributed by atoms with van der Waals surface area (Å²) in [5.74, 6) is 0.328. The average Bonchev–Trinajstić information content (AvgIpc) is 3.01. The lowest BCUT2D eigenvalue weighted by atomic mass is 10.0. The van der Waals surface area contributed by atoms with Crippen LogP contribution in [0.2, 0.25) is 5.02 Å². The zero-order valence-electron chi connectivity index (χ0n) is 13.1. The average molecular weight is 314 g/mol. The summed E-state index contributed by atoms with van der Waals surface area (Å²) in [6.07, 6.45) is 0. The molecule has 0 spiro atoms. The molecular weight excluding hydrogens is 294 g/mol. The highest BCUT2D eigenvalue weighted by molar-refractivity contribution is 6.30. The Morgan fingerprint density at radius 3 is 2.23 bits per heavy atom. The molecule has 0 heterocycles. The van der Waals surface area contributed by atoms with Crippen LogP contribution in [0.5, 0.6) is 0 Å². The fourth-order valence-electron chi connectivity index (χ4n) is 3.13. The van der Waals surface area contributed by atoms with E-state index in [4.69, 9.17) is 11.6 Å². The van der Waals surface area contributed by atoms with Gasteiger partial charge in [0.1, 0.15) is 0 Å². The van der Waals surface area contributed by atoms with E-state index in [0.717, 1.165) is 0 Å². The van der Waals surface area contributed by atoms with Crippen LogP contribution in [0.4, 0.5) is 0 Å². The molecule has 1 saturated carbocycles. The van der Waals surface area contributed by atoms with Crippen molar-refractivity contribution in [3.8, 4) is 0 Å². The second kappa shape index (κ2) is 5.44. The maximum Gasteiger partial charge on any atom is 0.251 e. The molecular formula is C19H20ClNO. The largest absolute Gasteiger partial charge is 0.348 e. The molecule has 3 rings (SSSR count). The summed E-state index contributed by atoms with van der Waals surface area (Å²) in [5.41, 5.74) is 3.27. The number of hydrogen-bond acceptors (Lipinski definition) is 1. The van der Waals surface area contributed by atoms with Gasteiger partial charge in [-0.15, -0.1) is 0 Å². The maximum atomic E-state index is 12.4. The van der Waals surface area contributed by atoms with Crippen LogP contribution in [-0.4, -0.2) is 11.9 Å². The molecule has 0 bridgehead atoms. The van der Waals surface area contributed by atoms with Gasteiger partial charge in [-0.2, -0.15) is 0 Å². The number of aryl methyl sites for hydroxylation is 1. The van der Waals surface area contributed by atoms with E-state index in [1.54, 1.807) is 24.3 Å². The van der Waals surface area contributed by atoms with Gasteiger partial charge >= 0.3 is 0 Å². The topological polar surface area (TPSA) is 29.1 Å². The smallest absolute Gasteiger partial charge is 0.251 e. The van der Waals surface area contributed by atoms with Crippen molar-refractivity contribution in [1.82, 2.24) is 5.32 Å². The Morgan fingerprint density at radius 1 is 1.05 bits per heavy atom. The maximum absolute atomic E-state index is 12.4. The Kier molecular flexibility index (Phi) is 3.73. The summed E-state index contributed by atoms with van der Waals surface area (Å²) in [4.78, 5) is 12.4. The van der Waals surface area contributed by atoms with Gasteiger partial charge in [0, 0.05) is 22.5 Å². The first kappa shape index (κ1) is 15.1. The number of benzene rings is 2. The highest BCUT2D eigenvalue weighted by atomic mass is 35.5. The highest BCUT2D eigenvalue weighted by Gasteiger charge is 2.59. The number of carbonyl (C=O) groups is 1. The minimum Gasteiger partial charge on any atom is -0.348 e. The number of halogens is 1. The first-order chi connectivity index (χ1) is 10.4. The third-order valence-electron chi connectivity index (χ3n) is 4.66. The van der Waals surface area contributed by atoms with Crippen LogP contribution in [0, 0.1) is 12.3 Å². The molecule has 2 aromatic rings. The SMILES string of the molecule is Cc1ccc([C@H]2[C@H](NC(=O)c3ccc(Cl)cc3)C2(C)C)cc1. The Hall–Kier alpha value is -1.80. The summed E-state index contributed by atoms with van der Waals surface area (Å²) in [5, 5.41) is 3.80. The van der Waals surface area contributed by atoms with Crippen LogP contribution in [0.3, 0.4) is 0 Å². The monoisotopic (exact) mass is 313 g/mol. The molecule has 1 fully saturated rings. The molecule has 22 heavy (non-hydrogen) atoms. The van der Waals surface area contributed by atoms with Crippen molar-refractivity contribution >= 4 is 17.5 Å². The normalized spacial score (nSPS) is 22.2. The zero-order valence-corrected chi connectivity index (χ0v) is 13.8. The van der Waals surface area contributed by atoms with Crippen LogP contribution < -0.4 is 5.32 Å². The van der Waals surface area contributed by atoms with Gasteiger partial charge in [0.25, 0.3) is 5.91 Å². The fourth-order valence-corrected chi connectivity index (χ4v) is 3.25. The van der Waals surface area contributed by atoms with Gasteiger partial charge in [0.2, 0.25) is 0 Å². The Labute approximate surface area is 136 Å². The van der Waals surface area contributed by atoms with E-state index in [2.05, 4.69) is 50.4 Å². The molecule has 0 aromatic heterocycles. The lowest BCUT2D eigenvalue weighted by molar-refractivity contribution is 0.0946. The van der Waals surface area contributed by atoms with Gasteiger partial charge in [-0.1, -0.05) is 55.3 Å². The molecule has 3 heteroatoms. The number of hydrogen-bond donors (Lipinski definition) is 1. The number of rotatable bonds is 3. The van der Waals surface area contributed by atoms with Gasteiger partial charge in [-0.05, 0) is 42.2 Å². The molecule has 0 aliphatic heterocycles. The Bertz CT molecular complexity index is 688. The van der Waals surface area contributed by atoms with Crippen LogP contribution in [0.25, 0.3) is 0 Å². The summed E-state index contributed by atoms with van der Waals surface area (Å²) >= 11 is 5.86. The molecule has 2 aromatic carbocycles. The summed E-state index contributed by atoms with van der Waals surface area (Å²) in [7, 11) is 0. The van der Waals surface area contributed by atoms with E-state index in [9.17, 15) is 4.79 Å². The minimum atomic E-state index is -0.0376. The van der Waals surface area contributed by atoms with Crippen molar-refractivity contribution in [2.75, 3.05) is 0 Å². The molecule has 1 aliphatic rings. The zero-order chi connectivity index (χ0) is 15.9. The molecule has 2 atom stereocenters. The number of carbonyl (C=O) groups excluding carboxylic acids is 1. The second-order valence-electron chi connectivity index (χ2n) is 6.67. The molecule has 2 nitrogen and oxygen atoms in total. The van der Waals surface area contributed by atoms with Crippen molar-refractivity contribution < 1.29 is 4.79 Å². The standard InChI is InChI=1S/C19H20ClNO/c1-12-4-6-13(7-5-12)16-17(19(16,2)3)21-18(22)14-8-10-15(20)11-9-14/h4-11,16-17H,1-3H3,(H,21,22)/t16-,17-/m0/s1. The van der Waals surface area contributed by atoms with Crippen LogP contribution >= 0.6 is 11.6 Å². The third kappa shape index (κ3) is 2.76. The molecule has 0 saturated heterocycles. The van der Waals surface area contributed by atoms with Gasteiger partial charge < -0.3 is 5.32 Å². The summed E-state index contributed by atoms with van der Waals surface area (Å²) in [6, 6.07) is 15.7. The second-order valence-corrected chi connectivity index (χ2v) is 7.10. The lowest BCUT2D eigenvalue weighted by Gasteiger charge is -2.06. The predicted octanol–water partition coefficient (Wildman–Crippen LogP) is 4.57. The molecule has 114 valence electrons. The van der Waals surface area contributed by atoms with E-state index >= 15 is 0 Å². The van der Waals surface area contributed by atoms with Crippen molar-refractivity contribution in [3.63, 3.8) is 0 Å². The van der Waals surface area contributed by atoms with E-state index < -0.39 is 0 Å². The molecule has 0 radical (unpaired) electrons. The first-order valence-electron chi connectivity index (χ1n) is 7.52. The minimum absolute atomic E-state index is 0.0376. The molecule has 1 amide bonds. The van der Waals surface area contributed by atoms with Crippen LogP contribution in [0.1, 0.15) is 41.3 Å². The van der Waals surface area contributed by atoms with Gasteiger partial charge in [0.15, 0.2) is 0 Å². The molecule has 1 N–H and O–H groups in total. The Balaban J connectivity index is 1.74. The fraction of sp³-hybridized carbons (Fsp3) is 0.316. The van der Waals surface area contributed by atoms with E-state index in [0.29, 0.717) is 16.5 Å². The number of amides is 1. The third-order valence-corrected chi connectivity index (χ3v) is 4.91. The quantitative estimate of drug-likeness (QED) is 0.883. The van der Waals surface area contributed by atoms with Gasteiger partial charge in [0.05, 0.1) is 0 Å². The molecule has 1 aliphatic carbocycles. The first-order valence-corrected chi connectivity index (χ1v) is 7.90. The van der Waals surface area contributed by atoms with E-state index in [-0.39, 0.29) is 17.4 Å². The van der Waals surface area contributed by atoms with Crippen molar-refractivity contribution in [2.24, 2.45) is 5.41 Å². The van der Waals surface area contributed by atoms with Crippen molar-refractivity contribution in [2.45, 2.75) is 32.7 Å².